The quantitative estimate of drug-likeness (QED) is 0.0341. The van der Waals surface area contributed by atoms with Crippen molar-refractivity contribution in [3.63, 3.8) is 0 Å². The van der Waals surface area contributed by atoms with Gasteiger partial charge in [-0.05, 0) is 79.7 Å². The van der Waals surface area contributed by atoms with Crippen molar-refractivity contribution in [2.24, 2.45) is 23.0 Å². The highest BCUT2D eigenvalue weighted by molar-refractivity contribution is 7.90. The number of carboxylic acid groups (broad SMARTS) is 1. The molecule has 11 amide bonds. The van der Waals surface area contributed by atoms with Crippen molar-refractivity contribution in [3.05, 3.63) is 84.0 Å². The summed E-state index contributed by atoms with van der Waals surface area (Å²) in [5.74, 6) is -5.60. The normalized spacial score (nSPS) is 14.9. The Hall–Kier alpha value is -7.63. The Bertz CT molecular complexity index is 2700. The maximum Gasteiger partial charge on any atom is 0.407 e. The number of urea groups is 1. The Morgan fingerprint density at radius 3 is 1.87 bits per heavy atom. The van der Waals surface area contributed by atoms with E-state index in [1.165, 1.54) is 56.3 Å². The third kappa shape index (κ3) is 19.1. The zero-order chi connectivity index (χ0) is 59.7. The molecule has 0 unspecified atom stereocenters. The molecule has 0 aliphatic carbocycles. The van der Waals surface area contributed by atoms with E-state index in [9.17, 15) is 61.5 Å². The smallest absolute Gasteiger partial charge is 0.407 e. The van der Waals surface area contributed by atoms with Gasteiger partial charge in [-0.1, -0.05) is 105 Å². The molecule has 0 bridgehead atoms. The fraction of sp³-hybridized carbons (Fsp3) is 0.527. The number of hydrogen-bond donors (Lipinski definition) is 8. The Morgan fingerprint density at radius 1 is 0.747 bits per heavy atom. The largest absolute Gasteiger partial charge is 0.465 e. The highest BCUT2D eigenvalue weighted by atomic mass is 32.2. The number of amides is 11. The Balaban J connectivity index is 1.74. The first-order valence-electron chi connectivity index (χ1n) is 26.1. The van der Waals surface area contributed by atoms with Crippen molar-refractivity contribution in [1.82, 2.24) is 40.7 Å². The fourth-order valence-corrected chi connectivity index (χ4v) is 9.87. The molecule has 0 radical (unpaired) electrons. The number of nitrogens with two attached hydrogens (primary N) is 1. The molecule has 2 aromatic rings. The Labute approximate surface area is 463 Å². The molecule has 2 aromatic carbocycles. The SMILES string of the molecule is CC(=C[C@H](C(C)C)N(C)C(=O)[C@@H](NC(=O)[C@@H](N(C)C(=O)O)C(C)(C)c1ccccc1)C(C)(C)C)C(=O)NS(=O)(=O)c1ccc(NC(=O)[C@H](CCCNC(N)=O)NC(=O)[C@@H](NC(=O)CCCCCN2C(=O)C=CC2=O)C(C)C)cc1. The molecular weight excluding hydrogens is 1040 g/mol. The molecular formula is C55H80N10O13S. The lowest BCUT2D eigenvalue weighted by Gasteiger charge is -2.41. The van der Waals surface area contributed by atoms with Crippen LogP contribution in [0.5, 0.6) is 0 Å². The van der Waals surface area contributed by atoms with Gasteiger partial charge in [-0.25, -0.2) is 22.7 Å². The van der Waals surface area contributed by atoms with Crippen LogP contribution in [0.1, 0.15) is 113 Å². The summed E-state index contributed by atoms with van der Waals surface area (Å²) in [6, 6.07) is 7.44. The summed E-state index contributed by atoms with van der Waals surface area (Å²) < 4.78 is 29.2. The van der Waals surface area contributed by atoms with Crippen LogP contribution in [-0.2, 0) is 53.8 Å². The molecule has 0 spiro atoms. The third-order valence-electron chi connectivity index (χ3n) is 13.5. The van der Waals surface area contributed by atoms with Gasteiger partial charge in [0.05, 0.1) is 10.9 Å². The average molecular weight is 1120 g/mol. The van der Waals surface area contributed by atoms with E-state index < -0.39 is 105 Å². The molecule has 79 heavy (non-hydrogen) atoms. The minimum absolute atomic E-state index is 0.00931. The van der Waals surface area contributed by atoms with E-state index in [1.807, 2.05) is 4.72 Å². The van der Waals surface area contributed by atoms with Crippen LogP contribution >= 0.6 is 0 Å². The lowest BCUT2D eigenvalue weighted by Crippen LogP contribution is -2.62. The summed E-state index contributed by atoms with van der Waals surface area (Å²) in [6.45, 7) is 17.4. The van der Waals surface area contributed by atoms with Crippen LogP contribution in [0.2, 0.25) is 0 Å². The van der Waals surface area contributed by atoms with Crippen LogP contribution in [0.4, 0.5) is 15.3 Å². The van der Waals surface area contributed by atoms with Gasteiger partial charge in [0.2, 0.25) is 29.5 Å². The minimum Gasteiger partial charge on any atom is -0.465 e. The van der Waals surface area contributed by atoms with Gasteiger partial charge in [0.15, 0.2) is 0 Å². The molecule has 5 atom stereocenters. The predicted octanol–water partition coefficient (Wildman–Crippen LogP) is 3.91. The number of anilines is 1. The molecule has 434 valence electrons. The molecule has 1 aliphatic heterocycles. The van der Waals surface area contributed by atoms with E-state index in [1.54, 1.807) is 92.6 Å². The molecule has 23 nitrogen and oxygen atoms in total. The van der Waals surface area contributed by atoms with Gasteiger partial charge in [-0.2, -0.15) is 0 Å². The number of nitrogens with zero attached hydrogens (tertiary/aromatic N) is 3. The van der Waals surface area contributed by atoms with Crippen molar-refractivity contribution < 1.29 is 61.5 Å². The molecule has 1 aliphatic rings. The first-order valence-corrected chi connectivity index (χ1v) is 27.6. The number of nitrogens with one attached hydrogen (secondary N) is 6. The second-order valence-corrected chi connectivity index (χ2v) is 23.6. The lowest BCUT2D eigenvalue weighted by atomic mass is 9.76. The summed E-state index contributed by atoms with van der Waals surface area (Å²) in [6.07, 6.45) is 4.18. The van der Waals surface area contributed by atoms with Crippen LogP contribution in [0.3, 0.4) is 0 Å². The van der Waals surface area contributed by atoms with E-state index in [2.05, 4.69) is 26.6 Å². The standard InChI is InChI=1S/C55H80N10O13S/c1-33(2)40(63(11)51(73)45(54(6,7)8)61-50(72)46(64(12)53(75)76)55(9,10)36-20-15-13-16-21-36)32-35(5)47(69)62-79(77,78)38-26-24-37(25-27-38)58-48(70)39(22-19-30-57-52(56)74)59-49(71)44(34(3)4)60-41(66)23-17-14-18-31-65-42(67)28-29-43(65)68/h13,15-16,20-21,24-29,32-34,39-40,44-46H,14,17-19,22-23,30-31H2,1-12H3,(H,58,70)(H,59,71)(H,60,66)(H,61,72)(H,62,69)(H,75,76)(H3,56,57,74)/t39-,40+,44-,45+,46+/m0/s1. The van der Waals surface area contributed by atoms with Crippen LogP contribution in [0.15, 0.2) is 83.3 Å². The second-order valence-electron chi connectivity index (χ2n) is 21.9. The second kappa shape index (κ2) is 28.8. The number of rotatable bonds is 28. The molecule has 0 saturated heterocycles. The van der Waals surface area contributed by atoms with Gasteiger partial charge >= 0.3 is 12.1 Å². The maximum atomic E-state index is 14.5. The fourth-order valence-electron chi connectivity index (χ4n) is 8.85. The molecule has 0 saturated carbocycles. The number of unbranched alkanes of at least 4 members (excludes halogenated alkanes) is 2. The molecule has 9 N–H and O–H groups in total. The van der Waals surface area contributed by atoms with Crippen molar-refractivity contribution in [2.75, 3.05) is 32.5 Å². The third-order valence-corrected chi connectivity index (χ3v) is 14.9. The predicted molar refractivity (Wildman–Crippen MR) is 296 cm³/mol. The molecule has 24 heteroatoms. The Morgan fingerprint density at radius 2 is 1.34 bits per heavy atom. The summed E-state index contributed by atoms with van der Waals surface area (Å²) in [5.41, 5.74) is 3.99. The van der Waals surface area contributed by atoms with Gasteiger partial charge in [0, 0.05) is 62.4 Å². The Kier molecular flexibility index (Phi) is 24.0. The summed E-state index contributed by atoms with van der Waals surface area (Å²) in [5, 5.41) is 23.3. The van der Waals surface area contributed by atoms with Crippen molar-refractivity contribution in [3.8, 4) is 0 Å². The zero-order valence-corrected chi connectivity index (χ0v) is 48.1. The van der Waals surface area contributed by atoms with Crippen molar-refractivity contribution in [2.45, 2.75) is 148 Å². The topological polar surface area (TPSA) is 333 Å². The van der Waals surface area contributed by atoms with Gasteiger partial charge in [0.1, 0.15) is 24.2 Å². The molecule has 1 heterocycles. The van der Waals surface area contributed by atoms with Gasteiger partial charge in [-0.15, -0.1) is 0 Å². The van der Waals surface area contributed by atoms with E-state index in [0.29, 0.717) is 24.8 Å². The highest BCUT2D eigenvalue weighted by Crippen LogP contribution is 2.32. The number of sulfonamides is 1. The van der Waals surface area contributed by atoms with Crippen LogP contribution in [0.25, 0.3) is 0 Å². The van der Waals surface area contributed by atoms with Crippen molar-refractivity contribution >= 4 is 75.1 Å². The van der Waals surface area contributed by atoms with Crippen molar-refractivity contribution in [1.29, 1.82) is 0 Å². The van der Waals surface area contributed by atoms with E-state index in [-0.39, 0.29) is 66.2 Å². The summed E-state index contributed by atoms with van der Waals surface area (Å²) in [4.78, 5) is 133. The van der Waals surface area contributed by atoms with Gasteiger partial charge in [-0.3, -0.25) is 48.2 Å². The van der Waals surface area contributed by atoms with Crippen LogP contribution in [0, 0.1) is 17.3 Å². The number of likely N-dealkylation sites (N-methyl/N-ethyl adjacent to an activating group) is 2. The molecule has 3 rings (SSSR count). The lowest BCUT2D eigenvalue weighted by molar-refractivity contribution is -0.141. The van der Waals surface area contributed by atoms with E-state index >= 15 is 0 Å². The average Bonchev–Trinajstić information content (AvgIpc) is 3.69. The van der Waals surface area contributed by atoms with E-state index in [4.69, 9.17) is 5.73 Å². The van der Waals surface area contributed by atoms with Crippen LogP contribution < -0.4 is 37.0 Å². The maximum absolute atomic E-state index is 14.5. The first kappa shape index (κ1) is 65.7. The summed E-state index contributed by atoms with van der Waals surface area (Å²) in [7, 11) is -1.76. The number of carbonyl (C=O) groups excluding carboxylic acids is 9. The molecule has 0 aromatic heterocycles. The number of hydrogen-bond acceptors (Lipinski definition) is 12. The monoisotopic (exact) mass is 1120 g/mol. The highest BCUT2D eigenvalue weighted by Gasteiger charge is 2.45. The number of primary amides is 1. The van der Waals surface area contributed by atoms with Gasteiger partial charge < -0.3 is 42.3 Å². The zero-order valence-electron chi connectivity index (χ0n) is 47.3. The van der Waals surface area contributed by atoms with Crippen LogP contribution in [-0.4, -0.2) is 145 Å². The van der Waals surface area contributed by atoms with E-state index in [0.717, 1.165) is 21.9 Å². The number of benzene rings is 2. The molecule has 0 fully saturated rings. The summed E-state index contributed by atoms with van der Waals surface area (Å²) >= 11 is 0. The minimum atomic E-state index is -4.53. The first-order chi connectivity index (χ1) is 36.7. The number of carbonyl (C=O) groups is 10. The number of imide groups is 1. The van der Waals surface area contributed by atoms with Gasteiger partial charge in [0.25, 0.3) is 27.7 Å².